The second-order valence-electron chi connectivity index (χ2n) is 8.70. The highest BCUT2D eigenvalue weighted by Crippen LogP contribution is 2.28. The number of rotatable bonds is 4. The molecular formula is C23H27N5O2. The zero-order chi connectivity index (χ0) is 21.3. The smallest absolute Gasteiger partial charge is 0.251 e. The summed E-state index contributed by atoms with van der Waals surface area (Å²) in [5, 5.41) is 3.11. The number of amides is 1. The van der Waals surface area contributed by atoms with Crippen molar-refractivity contribution in [2.24, 2.45) is 0 Å². The molecule has 30 heavy (non-hydrogen) atoms. The van der Waals surface area contributed by atoms with E-state index in [2.05, 4.69) is 15.3 Å². The van der Waals surface area contributed by atoms with Gasteiger partial charge in [-0.25, -0.2) is 9.97 Å². The molecule has 0 unspecified atom stereocenters. The summed E-state index contributed by atoms with van der Waals surface area (Å²) in [6.45, 7) is 5.82. The van der Waals surface area contributed by atoms with Crippen molar-refractivity contribution in [3.63, 3.8) is 0 Å². The maximum Gasteiger partial charge on any atom is 0.251 e. The van der Waals surface area contributed by atoms with Gasteiger partial charge in [-0.1, -0.05) is 25.0 Å². The summed E-state index contributed by atoms with van der Waals surface area (Å²) >= 11 is 0. The molecule has 0 spiro atoms. The van der Waals surface area contributed by atoms with Gasteiger partial charge in [0, 0.05) is 17.2 Å². The predicted molar refractivity (Wildman–Crippen MR) is 117 cm³/mol. The molecule has 0 saturated heterocycles. The Bertz CT molecular complexity index is 1070. The summed E-state index contributed by atoms with van der Waals surface area (Å²) in [5.41, 5.74) is 8.86. The largest absolute Gasteiger partial charge is 0.470 e. The van der Waals surface area contributed by atoms with Gasteiger partial charge in [-0.15, -0.1) is 0 Å². The van der Waals surface area contributed by atoms with Gasteiger partial charge >= 0.3 is 0 Å². The van der Waals surface area contributed by atoms with E-state index in [1.54, 1.807) is 0 Å². The van der Waals surface area contributed by atoms with Crippen LogP contribution in [0.15, 0.2) is 36.4 Å². The van der Waals surface area contributed by atoms with Crippen molar-refractivity contribution in [1.29, 1.82) is 0 Å². The molecule has 3 aromatic rings. The first-order valence-electron chi connectivity index (χ1n) is 10.3. The van der Waals surface area contributed by atoms with E-state index in [4.69, 9.17) is 15.5 Å². The summed E-state index contributed by atoms with van der Waals surface area (Å²) in [5.74, 6) is 0.484. The second kappa shape index (κ2) is 7.89. The summed E-state index contributed by atoms with van der Waals surface area (Å²) in [7, 11) is 0. The van der Waals surface area contributed by atoms with Gasteiger partial charge < -0.3 is 15.8 Å². The Morgan fingerprint density at radius 1 is 1.03 bits per heavy atom. The average Bonchev–Trinajstić information content (AvgIpc) is 3.19. The van der Waals surface area contributed by atoms with E-state index in [0.717, 1.165) is 24.1 Å². The number of fused-ring (bicyclic) bond motifs is 1. The molecule has 1 aromatic carbocycles. The van der Waals surface area contributed by atoms with Crippen LogP contribution in [0.25, 0.3) is 22.3 Å². The van der Waals surface area contributed by atoms with Crippen LogP contribution in [0.5, 0.6) is 5.88 Å². The fraction of sp³-hybridized carbons (Fsp3) is 0.391. The molecule has 0 atom stereocenters. The van der Waals surface area contributed by atoms with Crippen LogP contribution >= 0.6 is 0 Å². The van der Waals surface area contributed by atoms with Crippen LogP contribution in [0.4, 0.5) is 5.95 Å². The van der Waals surface area contributed by atoms with Crippen LogP contribution in [-0.4, -0.2) is 32.5 Å². The number of carbonyl (C=O) groups excluding carboxylic acids is 1. The first kappa shape index (κ1) is 20.1. The Labute approximate surface area is 176 Å². The fourth-order valence-corrected chi connectivity index (χ4v) is 3.66. The molecule has 2 aromatic heterocycles. The number of nitrogens with one attached hydrogen (secondary N) is 1. The molecule has 3 N–H and O–H groups in total. The van der Waals surface area contributed by atoms with Crippen molar-refractivity contribution in [2.75, 3.05) is 5.73 Å². The molecule has 7 nitrogen and oxygen atoms in total. The normalized spacial score (nSPS) is 14.8. The van der Waals surface area contributed by atoms with Crippen LogP contribution in [0.2, 0.25) is 0 Å². The van der Waals surface area contributed by atoms with Crippen molar-refractivity contribution in [3.8, 4) is 17.1 Å². The lowest BCUT2D eigenvalue weighted by Gasteiger charge is -2.21. The monoisotopic (exact) mass is 405 g/mol. The number of hydrogen-bond donors (Lipinski definition) is 2. The molecule has 0 aliphatic heterocycles. The highest BCUT2D eigenvalue weighted by Gasteiger charge is 2.19. The van der Waals surface area contributed by atoms with E-state index in [1.165, 1.54) is 12.8 Å². The molecule has 7 heteroatoms. The maximum atomic E-state index is 12.5. The van der Waals surface area contributed by atoms with Gasteiger partial charge in [-0.3, -0.25) is 4.79 Å². The molecule has 0 radical (unpaired) electrons. The van der Waals surface area contributed by atoms with Gasteiger partial charge in [-0.2, -0.15) is 4.98 Å². The summed E-state index contributed by atoms with van der Waals surface area (Å²) in [6.07, 6.45) is 4.51. The van der Waals surface area contributed by atoms with Gasteiger partial charge in [0.1, 0.15) is 5.60 Å². The predicted octanol–water partition coefficient (Wildman–Crippen LogP) is 4.12. The third-order valence-electron chi connectivity index (χ3n) is 5.06. The van der Waals surface area contributed by atoms with E-state index >= 15 is 0 Å². The molecule has 1 fully saturated rings. The average molecular weight is 406 g/mol. The molecule has 1 aliphatic rings. The number of benzene rings is 1. The lowest BCUT2D eigenvalue weighted by atomic mass is 10.1. The molecule has 1 saturated carbocycles. The molecule has 1 aliphatic carbocycles. The van der Waals surface area contributed by atoms with E-state index in [-0.39, 0.29) is 11.9 Å². The number of nitrogens with two attached hydrogens (primary N) is 1. The van der Waals surface area contributed by atoms with Crippen LogP contribution < -0.4 is 15.8 Å². The standard InChI is InChI=1S/C23H27N5O2/c1-23(2,3)30-21-19-18(27-22(24)28-21)13-12-17(26-19)14-8-10-15(11-9-14)20(29)25-16-6-4-5-7-16/h8-13,16H,4-7H2,1-3H3,(H,25,29)(H2,24,27,28). The van der Waals surface area contributed by atoms with Crippen LogP contribution in [0.3, 0.4) is 0 Å². The van der Waals surface area contributed by atoms with E-state index in [9.17, 15) is 4.79 Å². The third kappa shape index (κ3) is 4.50. The van der Waals surface area contributed by atoms with E-state index < -0.39 is 5.60 Å². The number of nitrogen functional groups attached to an aromatic ring is 1. The zero-order valence-corrected chi connectivity index (χ0v) is 17.6. The van der Waals surface area contributed by atoms with Crippen molar-refractivity contribution < 1.29 is 9.53 Å². The number of anilines is 1. The fourth-order valence-electron chi connectivity index (χ4n) is 3.66. The van der Waals surface area contributed by atoms with Gasteiger partial charge in [0.2, 0.25) is 11.8 Å². The number of carbonyl (C=O) groups is 1. The Kier molecular flexibility index (Phi) is 5.28. The van der Waals surface area contributed by atoms with Crippen molar-refractivity contribution >= 4 is 22.9 Å². The van der Waals surface area contributed by atoms with Gasteiger partial charge in [0.05, 0.1) is 11.2 Å². The van der Waals surface area contributed by atoms with Gasteiger partial charge in [0.15, 0.2) is 5.52 Å². The number of nitrogens with zero attached hydrogens (tertiary/aromatic N) is 3. The lowest BCUT2D eigenvalue weighted by molar-refractivity contribution is 0.0937. The highest BCUT2D eigenvalue weighted by atomic mass is 16.5. The summed E-state index contributed by atoms with van der Waals surface area (Å²) < 4.78 is 5.95. The Morgan fingerprint density at radius 3 is 2.40 bits per heavy atom. The molecule has 1 amide bonds. The summed E-state index contributed by atoms with van der Waals surface area (Å²) in [6, 6.07) is 11.5. The lowest BCUT2D eigenvalue weighted by Crippen LogP contribution is -2.32. The number of hydrogen-bond acceptors (Lipinski definition) is 6. The van der Waals surface area contributed by atoms with Crippen LogP contribution in [0, 0.1) is 0 Å². The number of aromatic nitrogens is 3. The zero-order valence-electron chi connectivity index (χ0n) is 17.6. The number of pyridine rings is 1. The summed E-state index contributed by atoms with van der Waals surface area (Å²) in [4.78, 5) is 25.7. The maximum absolute atomic E-state index is 12.5. The SMILES string of the molecule is CC(C)(C)Oc1nc(N)nc2ccc(-c3ccc(C(=O)NC4CCCC4)cc3)nc12. The Hall–Kier alpha value is -3.22. The number of ether oxygens (including phenoxy) is 1. The van der Waals surface area contributed by atoms with E-state index in [1.807, 2.05) is 57.2 Å². The topological polar surface area (TPSA) is 103 Å². The van der Waals surface area contributed by atoms with Crippen LogP contribution in [0.1, 0.15) is 56.8 Å². The highest BCUT2D eigenvalue weighted by molar-refractivity contribution is 5.95. The third-order valence-corrected chi connectivity index (χ3v) is 5.06. The minimum atomic E-state index is -0.445. The minimum Gasteiger partial charge on any atom is -0.470 e. The van der Waals surface area contributed by atoms with Crippen molar-refractivity contribution in [3.05, 3.63) is 42.0 Å². The van der Waals surface area contributed by atoms with Gasteiger partial charge in [-0.05, 0) is 57.9 Å². The van der Waals surface area contributed by atoms with Gasteiger partial charge in [0.25, 0.3) is 5.91 Å². The Balaban J connectivity index is 1.61. The second-order valence-corrected chi connectivity index (χ2v) is 8.70. The van der Waals surface area contributed by atoms with Crippen molar-refractivity contribution in [1.82, 2.24) is 20.3 Å². The quantitative estimate of drug-likeness (QED) is 0.677. The molecule has 0 bridgehead atoms. The molecule has 156 valence electrons. The first-order valence-corrected chi connectivity index (χ1v) is 10.3. The molecule has 2 heterocycles. The molecular weight excluding hydrogens is 378 g/mol. The minimum absolute atomic E-state index is 0.0235. The van der Waals surface area contributed by atoms with Crippen molar-refractivity contribution in [2.45, 2.75) is 58.1 Å². The van der Waals surface area contributed by atoms with Crippen LogP contribution in [-0.2, 0) is 0 Å². The van der Waals surface area contributed by atoms with E-state index in [0.29, 0.717) is 28.5 Å². The Morgan fingerprint density at radius 2 is 1.73 bits per heavy atom. The first-order chi connectivity index (χ1) is 14.3. The molecule has 4 rings (SSSR count).